The van der Waals surface area contributed by atoms with Crippen LogP contribution in [0, 0.1) is 0 Å². The molecule has 1 aliphatic rings. The Bertz CT molecular complexity index is 158. The van der Waals surface area contributed by atoms with E-state index in [-0.39, 0.29) is 6.54 Å². The maximum absolute atomic E-state index is 10.5. The van der Waals surface area contributed by atoms with E-state index in [4.69, 9.17) is 0 Å². The van der Waals surface area contributed by atoms with Crippen LogP contribution in [0.4, 0.5) is 4.79 Å². The van der Waals surface area contributed by atoms with Crippen LogP contribution < -0.4 is 0 Å². The minimum atomic E-state index is -0.562. The van der Waals surface area contributed by atoms with Crippen LogP contribution in [0.5, 0.6) is 0 Å². The highest BCUT2D eigenvalue weighted by Crippen LogP contribution is 2.12. The van der Waals surface area contributed by atoms with E-state index in [1.54, 1.807) is 6.26 Å². The van der Waals surface area contributed by atoms with Crippen molar-refractivity contribution >= 4 is 24.0 Å². The second-order valence-corrected chi connectivity index (χ2v) is 2.27. The highest BCUT2D eigenvalue weighted by molar-refractivity contribution is 7.96. The summed E-state index contributed by atoms with van der Waals surface area (Å²) in [6.45, 7) is 0.0694. The number of nitrogens with zero attached hydrogens (tertiary/aromatic N) is 1. The minimum Gasteiger partial charge on any atom is -0.374 e. The van der Waals surface area contributed by atoms with E-state index in [1.807, 2.05) is 0 Å². The van der Waals surface area contributed by atoms with Crippen molar-refractivity contribution in [1.29, 1.82) is 0 Å². The molecule has 0 aromatic carbocycles. The van der Waals surface area contributed by atoms with Gasteiger partial charge in [0.1, 0.15) is 6.54 Å². The van der Waals surface area contributed by atoms with Gasteiger partial charge < -0.3 is 4.74 Å². The summed E-state index contributed by atoms with van der Waals surface area (Å²) >= 11 is 1.18. The molecule has 50 valence electrons. The summed E-state index contributed by atoms with van der Waals surface area (Å²) in [5.74, 6) is -0.477. The van der Waals surface area contributed by atoms with E-state index in [2.05, 4.69) is 4.74 Å². The van der Waals surface area contributed by atoms with E-state index in [0.717, 1.165) is 0 Å². The molecule has 9 heavy (non-hydrogen) atoms. The van der Waals surface area contributed by atoms with Crippen molar-refractivity contribution in [1.82, 2.24) is 4.31 Å². The van der Waals surface area contributed by atoms with Gasteiger partial charge in [-0.2, -0.15) is 0 Å². The zero-order valence-electron chi connectivity index (χ0n) is 4.79. The molecule has 0 N–H and O–H groups in total. The van der Waals surface area contributed by atoms with Gasteiger partial charge in [0, 0.05) is 6.26 Å². The Morgan fingerprint density at radius 3 is 2.56 bits per heavy atom. The molecule has 0 unspecified atom stereocenters. The van der Waals surface area contributed by atoms with Gasteiger partial charge in [0.05, 0.1) is 0 Å². The normalized spacial score (nSPS) is 18.6. The van der Waals surface area contributed by atoms with Crippen molar-refractivity contribution in [3.63, 3.8) is 0 Å². The first-order valence-corrected chi connectivity index (χ1v) is 3.48. The Morgan fingerprint density at radius 2 is 2.33 bits per heavy atom. The van der Waals surface area contributed by atoms with Gasteiger partial charge in [-0.3, -0.25) is 0 Å². The molecule has 0 radical (unpaired) electrons. The molecule has 4 nitrogen and oxygen atoms in total. The first-order valence-electron chi connectivity index (χ1n) is 2.30. The maximum atomic E-state index is 10.5. The molecule has 0 atom stereocenters. The Labute approximate surface area is 56.3 Å². The summed E-state index contributed by atoms with van der Waals surface area (Å²) in [5, 5.41) is 0. The zero-order valence-corrected chi connectivity index (χ0v) is 5.60. The third kappa shape index (κ3) is 1.16. The molecule has 0 aromatic heterocycles. The molecule has 0 aromatic rings. The van der Waals surface area contributed by atoms with Gasteiger partial charge in [0.25, 0.3) is 0 Å². The SMILES string of the molecule is CSN1CC(=O)OC1=O. The van der Waals surface area contributed by atoms with E-state index in [1.165, 1.54) is 16.3 Å². The molecule has 1 fully saturated rings. The van der Waals surface area contributed by atoms with Crippen LogP contribution in [0.2, 0.25) is 0 Å². The Kier molecular flexibility index (Phi) is 1.61. The monoisotopic (exact) mass is 147 g/mol. The molecular weight excluding hydrogens is 142 g/mol. The maximum Gasteiger partial charge on any atom is 0.428 e. The molecule has 0 saturated carbocycles. The summed E-state index contributed by atoms with van der Waals surface area (Å²) < 4.78 is 5.44. The average Bonchev–Trinajstić information content (AvgIpc) is 2.10. The van der Waals surface area contributed by atoms with Crippen LogP contribution in [0.3, 0.4) is 0 Å². The van der Waals surface area contributed by atoms with Crippen LogP contribution in [0.25, 0.3) is 0 Å². The largest absolute Gasteiger partial charge is 0.428 e. The van der Waals surface area contributed by atoms with Gasteiger partial charge >= 0.3 is 12.1 Å². The van der Waals surface area contributed by atoms with Crippen LogP contribution in [-0.4, -0.2) is 29.2 Å². The lowest BCUT2D eigenvalue weighted by Gasteiger charge is -2.02. The minimum absolute atomic E-state index is 0.0694. The number of cyclic esters (lactones) is 2. The van der Waals surface area contributed by atoms with E-state index in [9.17, 15) is 9.59 Å². The molecule has 0 bridgehead atoms. The fraction of sp³-hybridized carbons (Fsp3) is 0.500. The smallest absolute Gasteiger partial charge is 0.374 e. The Balaban J connectivity index is 2.58. The van der Waals surface area contributed by atoms with Gasteiger partial charge in [-0.05, 0) is 11.9 Å². The number of carbonyl (C=O) groups excluding carboxylic acids is 2. The van der Waals surface area contributed by atoms with E-state index in [0.29, 0.717) is 0 Å². The van der Waals surface area contributed by atoms with Crippen molar-refractivity contribution in [3.8, 4) is 0 Å². The second kappa shape index (κ2) is 2.26. The van der Waals surface area contributed by atoms with Crippen molar-refractivity contribution < 1.29 is 14.3 Å². The number of esters is 1. The number of rotatable bonds is 1. The third-order valence-corrected chi connectivity index (χ3v) is 1.62. The van der Waals surface area contributed by atoms with Crippen molar-refractivity contribution in [2.75, 3.05) is 12.8 Å². The van der Waals surface area contributed by atoms with Gasteiger partial charge in [-0.25, -0.2) is 13.9 Å². The number of hydrogen-bond acceptors (Lipinski definition) is 4. The highest BCUT2D eigenvalue weighted by atomic mass is 32.2. The Hall–Kier alpha value is -0.710. The third-order valence-electron chi connectivity index (χ3n) is 0.898. The number of hydrogen-bond donors (Lipinski definition) is 0. The molecule has 0 aliphatic carbocycles. The standard InChI is InChI=1S/C4H5NO3S/c1-9-5-2-3(6)8-4(5)7/h2H2,1H3. The van der Waals surface area contributed by atoms with E-state index < -0.39 is 12.1 Å². The molecule has 1 amide bonds. The van der Waals surface area contributed by atoms with Gasteiger partial charge in [-0.1, -0.05) is 0 Å². The lowest BCUT2D eigenvalue weighted by atomic mass is 10.7. The van der Waals surface area contributed by atoms with Gasteiger partial charge in [-0.15, -0.1) is 0 Å². The van der Waals surface area contributed by atoms with Crippen LogP contribution in [0.1, 0.15) is 0 Å². The summed E-state index contributed by atoms with van der Waals surface area (Å²) in [6, 6.07) is 0. The number of ether oxygens (including phenoxy) is 1. The molecule has 5 heteroatoms. The highest BCUT2D eigenvalue weighted by Gasteiger charge is 2.28. The summed E-state index contributed by atoms with van der Waals surface area (Å²) in [6.07, 6.45) is 1.15. The lowest BCUT2D eigenvalue weighted by molar-refractivity contribution is -0.132. The first kappa shape index (κ1) is 6.41. The molecule has 1 rings (SSSR count). The lowest BCUT2D eigenvalue weighted by Crippen LogP contribution is -2.14. The van der Waals surface area contributed by atoms with Crippen LogP contribution in [0.15, 0.2) is 0 Å². The molecule has 1 aliphatic heterocycles. The quantitative estimate of drug-likeness (QED) is 0.303. The predicted octanol–water partition coefficient (Wildman–Crippen LogP) is 0.243. The van der Waals surface area contributed by atoms with E-state index >= 15 is 0 Å². The first-order chi connectivity index (χ1) is 4.24. The Morgan fingerprint density at radius 1 is 1.67 bits per heavy atom. The zero-order chi connectivity index (χ0) is 6.85. The van der Waals surface area contributed by atoms with Crippen LogP contribution >= 0.6 is 11.9 Å². The fourth-order valence-corrected chi connectivity index (χ4v) is 0.922. The van der Waals surface area contributed by atoms with Gasteiger partial charge in [0.2, 0.25) is 0 Å². The molecule has 0 spiro atoms. The molecule has 1 saturated heterocycles. The van der Waals surface area contributed by atoms with Crippen LogP contribution in [-0.2, 0) is 9.53 Å². The predicted molar refractivity (Wildman–Crippen MR) is 31.7 cm³/mol. The number of amides is 1. The van der Waals surface area contributed by atoms with Crippen molar-refractivity contribution in [2.45, 2.75) is 0 Å². The summed E-state index contributed by atoms with van der Waals surface area (Å²) in [5.41, 5.74) is 0. The van der Waals surface area contributed by atoms with Crippen molar-refractivity contribution in [2.24, 2.45) is 0 Å². The average molecular weight is 147 g/mol. The van der Waals surface area contributed by atoms with Crippen molar-refractivity contribution in [3.05, 3.63) is 0 Å². The topological polar surface area (TPSA) is 46.6 Å². The molecule has 1 heterocycles. The molecular formula is C4H5NO3S. The van der Waals surface area contributed by atoms with Gasteiger partial charge in [0.15, 0.2) is 0 Å². The summed E-state index contributed by atoms with van der Waals surface area (Å²) in [4.78, 5) is 20.8. The summed E-state index contributed by atoms with van der Waals surface area (Å²) in [7, 11) is 0. The fourth-order valence-electron chi connectivity index (χ4n) is 0.501. The second-order valence-electron chi connectivity index (χ2n) is 1.46. The number of carbonyl (C=O) groups is 2.